The predicted molar refractivity (Wildman–Crippen MR) is 72.0 cm³/mol. The van der Waals surface area contributed by atoms with Crippen LogP contribution < -0.4 is 4.74 Å². The van der Waals surface area contributed by atoms with Gasteiger partial charge in [-0.2, -0.15) is 0 Å². The highest BCUT2D eigenvalue weighted by Crippen LogP contribution is 2.24. The molecule has 0 aromatic heterocycles. The summed E-state index contributed by atoms with van der Waals surface area (Å²) in [4.78, 5) is 10.4. The first-order valence-electron chi connectivity index (χ1n) is 5.00. The molecule has 1 aromatic rings. The Morgan fingerprint density at radius 3 is 2.94 bits per heavy atom. The van der Waals surface area contributed by atoms with Crippen LogP contribution >= 0.6 is 27.5 Å². The molecule has 92 valence electrons. The van der Waals surface area contributed by atoms with E-state index in [1.54, 1.807) is 18.2 Å². The highest BCUT2D eigenvalue weighted by atomic mass is 79.9. The van der Waals surface area contributed by atoms with Gasteiger partial charge in [0.25, 0.3) is 0 Å². The minimum atomic E-state index is -1.01. The van der Waals surface area contributed by atoms with E-state index >= 15 is 0 Å². The van der Waals surface area contributed by atoms with E-state index in [4.69, 9.17) is 21.4 Å². The molecule has 0 spiro atoms. The van der Waals surface area contributed by atoms with E-state index in [0.29, 0.717) is 10.8 Å². The van der Waals surface area contributed by atoms with Crippen LogP contribution in [0.5, 0.6) is 5.75 Å². The molecule has 0 atom stereocenters. The van der Waals surface area contributed by atoms with Crippen LogP contribution in [-0.4, -0.2) is 23.0 Å². The average molecular weight is 320 g/mol. The summed E-state index contributed by atoms with van der Waals surface area (Å²) in [6.07, 6.45) is 4.75. The normalized spacial score (nSPS) is 10.7. The van der Waals surface area contributed by atoms with Crippen LogP contribution in [0.25, 0.3) is 6.08 Å². The first kappa shape index (κ1) is 14.1. The number of carboxylic acid groups (broad SMARTS) is 1. The Morgan fingerprint density at radius 1 is 1.53 bits per heavy atom. The first-order chi connectivity index (χ1) is 8.13. The standard InChI is InChI=1S/C12H12BrClO3/c13-6-2-1-3-9-4-5-10(14)7-11(9)17-8-12(15)16/h1,3-5,7H,2,6,8H2,(H,15,16). The molecule has 0 fully saturated rings. The lowest BCUT2D eigenvalue weighted by Gasteiger charge is -2.07. The highest BCUT2D eigenvalue weighted by Gasteiger charge is 2.04. The van der Waals surface area contributed by atoms with Gasteiger partial charge in [0.1, 0.15) is 5.75 Å². The monoisotopic (exact) mass is 318 g/mol. The maximum atomic E-state index is 10.4. The van der Waals surface area contributed by atoms with Crippen molar-refractivity contribution >= 4 is 39.6 Å². The van der Waals surface area contributed by atoms with Crippen molar-refractivity contribution in [3.63, 3.8) is 0 Å². The molecule has 0 amide bonds. The largest absolute Gasteiger partial charge is 0.481 e. The Bertz CT molecular complexity index is 418. The second kappa shape index (κ2) is 7.35. The summed E-state index contributed by atoms with van der Waals surface area (Å²) in [6, 6.07) is 5.14. The topological polar surface area (TPSA) is 46.5 Å². The summed E-state index contributed by atoms with van der Waals surface area (Å²) in [5.41, 5.74) is 0.816. The second-order valence-corrected chi connectivity index (χ2v) is 4.47. The molecule has 0 saturated heterocycles. The quantitative estimate of drug-likeness (QED) is 0.815. The number of carboxylic acids is 1. The number of allylic oxidation sites excluding steroid dienone is 1. The summed E-state index contributed by atoms with van der Waals surface area (Å²) in [7, 11) is 0. The molecule has 1 rings (SSSR count). The van der Waals surface area contributed by atoms with E-state index in [0.717, 1.165) is 17.3 Å². The van der Waals surface area contributed by atoms with Gasteiger partial charge in [-0.05, 0) is 24.6 Å². The van der Waals surface area contributed by atoms with E-state index in [1.807, 2.05) is 12.2 Å². The van der Waals surface area contributed by atoms with Crippen molar-refractivity contribution in [2.45, 2.75) is 6.42 Å². The van der Waals surface area contributed by atoms with E-state index in [9.17, 15) is 4.79 Å². The lowest BCUT2D eigenvalue weighted by Crippen LogP contribution is -2.10. The summed E-state index contributed by atoms with van der Waals surface area (Å²) >= 11 is 9.16. The van der Waals surface area contributed by atoms with Crippen molar-refractivity contribution in [1.82, 2.24) is 0 Å². The number of hydrogen-bond acceptors (Lipinski definition) is 2. The fraction of sp³-hybridized carbons (Fsp3) is 0.250. The molecule has 17 heavy (non-hydrogen) atoms. The van der Waals surface area contributed by atoms with Crippen molar-refractivity contribution in [2.75, 3.05) is 11.9 Å². The number of halogens is 2. The fourth-order valence-electron chi connectivity index (χ4n) is 1.18. The molecule has 1 aromatic carbocycles. The fourth-order valence-corrected chi connectivity index (χ4v) is 1.61. The first-order valence-corrected chi connectivity index (χ1v) is 6.50. The smallest absolute Gasteiger partial charge is 0.341 e. The number of hydrogen-bond donors (Lipinski definition) is 1. The van der Waals surface area contributed by atoms with Crippen molar-refractivity contribution in [2.24, 2.45) is 0 Å². The molecule has 0 bridgehead atoms. The van der Waals surface area contributed by atoms with Crippen LogP contribution in [0.3, 0.4) is 0 Å². The van der Waals surface area contributed by atoms with Gasteiger partial charge in [0.15, 0.2) is 6.61 Å². The lowest BCUT2D eigenvalue weighted by molar-refractivity contribution is -0.139. The molecule has 0 unspecified atom stereocenters. The number of alkyl halides is 1. The maximum absolute atomic E-state index is 10.4. The van der Waals surface area contributed by atoms with Crippen LogP contribution in [-0.2, 0) is 4.79 Å². The van der Waals surface area contributed by atoms with Gasteiger partial charge < -0.3 is 9.84 Å². The number of rotatable bonds is 6. The molecule has 0 aliphatic rings. The van der Waals surface area contributed by atoms with Gasteiger partial charge in [0.2, 0.25) is 0 Å². The van der Waals surface area contributed by atoms with E-state index in [-0.39, 0.29) is 6.61 Å². The molecule has 0 saturated carbocycles. The van der Waals surface area contributed by atoms with Crippen LogP contribution in [0, 0.1) is 0 Å². The van der Waals surface area contributed by atoms with Crippen molar-refractivity contribution in [3.05, 3.63) is 34.9 Å². The van der Waals surface area contributed by atoms with Gasteiger partial charge in [0, 0.05) is 15.9 Å². The van der Waals surface area contributed by atoms with Gasteiger partial charge in [-0.15, -0.1) is 0 Å². The summed E-state index contributed by atoms with van der Waals surface area (Å²) in [5.74, 6) is -0.536. The molecule has 0 aliphatic heterocycles. The zero-order valence-corrected chi connectivity index (χ0v) is 11.4. The zero-order valence-electron chi connectivity index (χ0n) is 9.03. The zero-order chi connectivity index (χ0) is 12.7. The van der Waals surface area contributed by atoms with Crippen LogP contribution in [0.1, 0.15) is 12.0 Å². The predicted octanol–water partition coefficient (Wildman–Crippen LogP) is 3.60. The summed E-state index contributed by atoms with van der Waals surface area (Å²) < 4.78 is 5.16. The Balaban J connectivity index is 2.83. The van der Waals surface area contributed by atoms with Crippen molar-refractivity contribution < 1.29 is 14.6 Å². The van der Waals surface area contributed by atoms with Crippen LogP contribution in [0.4, 0.5) is 0 Å². The number of aliphatic carboxylic acids is 1. The third-order valence-electron chi connectivity index (χ3n) is 1.90. The average Bonchev–Trinajstić information content (AvgIpc) is 2.29. The summed E-state index contributed by atoms with van der Waals surface area (Å²) in [5, 5.41) is 9.96. The Morgan fingerprint density at radius 2 is 2.29 bits per heavy atom. The number of ether oxygens (including phenoxy) is 1. The minimum Gasteiger partial charge on any atom is -0.481 e. The van der Waals surface area contributed by atoms with Gasteiger partial charge in [-0.1, -0.05) is 39.7 Å². The SMILES string of the molecule is O=C(O)COc1cc(Cl)ccc1C=CCCBr. The number of benzene rings is 1. The van der Waals surface area contributed by atoms with Gasteiger partial charge in [0.05, 0.1) is 0 Å². The molecule has 1 N–H and O–H groups in total. The highest BCUT2D eigenvalue weighted by molar-refractivity contribution is 9.09. The Hall–Kier alpha value is -1.00. The van der Waals surface area contributed by atoms with Crippen molar-refractivity contribution in [1.29, 1.82) is 0 Å². The number of carbonyl (C=O) groups is 1. The van der Waals surface area contributed by atoms with E-state index < -0.39 is 5.97 Å². The molecule has 0 heterocycles. The van der Waals surface area contributed by atoms with Crippen LogP contribution in [0.2, 0.25) is 5.02 Å². The summed E-state index contributed by atoms with van der Waals surface area (Å²) in [6.45, 7) is -0.375. The third-order valence-corrected chi connectivity index (χ3v) is 2.59. The molecule has 5 heteroatoms. The third kappa shape index (κ3) is 5.24. The molecular weight excluding hydrogens is 307 g/mol. The van der Waals surface area contributed by atoms with E-state index in [2.05, 4.69) is 15.9 Å². The van der Waals surface area contributed by atoms with Crippen molar-refractivity contribution in [3.8, 4) is 5.75 Å². The van der Waals surface area contributed by atoms with Gasteiger partial charge >= 0.3 is 5.97 Å². The van der Waals surface area contributed by atoms with Crippen LogP contribution in [0.15, 0.2) is 24.3 Å². The molecule has 3 nitrogen and oxygen atoms in total. The van der Waals surface area contributed by atoms with Gasteiger partial charge in [-0.25, -0.2) is 4.79 Å². The van der Waals surface area contributed by atoms with Gasteiger partial charge in [-0.3, -0.25) is 0 Å². The molecular formula is C12H12BrClO3. The Labute approximate surface area is 113 Å². The molecule has 0 aliphatic carbocycles. The second-order valence-electron chi connectivity index (χ2n) is 3.24. The molecule has 0 radical (unpaired) electrons. The maximum Gasteiger partial charge on any atom is 0.341 e. The lowest BCUT2D eigenvalue weighted by atomic mass is 10.2. The van der Waals surface area contributed by atoms with E-state index in [1.165, 1.54) is 0 Å². The Kier molecular flexibility index (Phi) is 6.08. The minimum absolute atomic E-state index is 0.375.